The number of benzene rings is 2. The molecule has 2 aliphatic rings. The molecule has 2 fully saturated rings. The van der Waals surface area contributed by atoms with E-state index in [1.807, 2.05) is 6.07 Å². The number of hydrogen-bond donors (Lipinski definition) is 1. The highest BCUT2D eigenvalue weighted by Crippen LogP contribution is 2.38. The first-order valence-electron chi connectivity index (χ1n) is 12.6. The SMILES string of the molecule is COc1cc2ncnc(Nc3cccc(Cl)c3F)c2cc1OC1CCC(N2CCN(S(C)(=O)=O)CC2)CC1. The molecule has 38 heavy (non-hydrogen) atoms. The number of halogens is 2. The van der Waals surface area contributed by atoms with Gasteiger partial charge in [0, 0.05) is 43.7 Å². The molecule has 0 amide bonds. The van der Waals surface area contributed by atoms with E-state index in [1.165, 1.54) is 18.6 Å². The molecule has 0 spiro atoms. The molecular weight excluding hydrogens is 533 g/mol. The van der Waals surface area contributed by atoms with Crippen LogP contribution in [0.5, 0.6) is 11.5 Å². The lowest BCUT2D eigenvalue weighted by Crippen LogP contribution is -2.52. The van der Waals surface area contributed by atoms with Gasteiger partial charge in [0.15, 0.2) is 17.3 Å². The van der Waals surface area contributed by atoms with Gasteiger partial charge in [-0.2, -0.15) is 4.31 Å². The van der Waals surface area contributed by atoms with Crippen LogP contribution in [0.25, 0.3) is 10.9 Å². The second-order valence-corrected chi connectivity index (χ2v) is 12.1. The fourth-order valence-corrected chi connectivity index (χ4v) is 6.25. The van der Waals surface area contributed by atoms with E-state index in [0.717, 1.165) is 38.8 Å². The number of fused-ring (bicyclic) bond motifs is 1. The topological polar surface area (TPSA) is 96.9 Å². The molecule has 0 bridgehead atoms. The Labute approximate surface area is 227 Å². The first kappa shape index (κ1) is 26.9. The molecule has 1 aromatic heterocycles. The van der Waals surface area contributed by atoms with Gasteiger partial charge in [0.2, 0.25) is 10.0 Å². The minimum atomic E-state index is -3.13. The van der Waals surface area contributed by atoms with Crippen LogP contribution >= 0.6 is 11.6 Å². The number of hydrogen-bond acceptors (Lipinski definition) is 8. The van der Waals surface area contributed by atoms with Crippen molar-refractivity contribution in [1.29, 1.82) is 0 Å². The highest BCUT2D eigenvalue weighted by atomic mass is 35.5. The summed E-state index contributed by atoms with van der Waals surface area (Å²) in [6.07, 6.45) is 6.40. The summed E-state index contributed by atoms with van der Waals surface area (Å²) in [4.78, 5) is 11.1. The minimum absolute atomic E-state index is 0.0151. The molecular formula is C26H31ClFN5O4S. The predicted molar refractivity (Wildman–Crippen MR) is 145 cm³/mol. The standard InChI is InChI=1S/C26H31ClFN5O4S/c1-36-23-15-22-19(26(30-16-29-22)31-21-5-3-4-20(27)25(21)28)14-24(23)37-18-8-6-17(7-9-18)32-10-12-33(13-11-32)38(2,34)35/h3-5,14-18H,6-13H2,1-2H3,(H,29,30,31). The smallest absolute Gasteiger partial charge is 0.211 e. The lowest BCUT2D eigenvalue weighted by Gasteiger charge is -2.41. The Morgan fingerprint density at radius 2 is 1.79 bits per heavy atom. The number of anilines is 2. The van der Waals surface area contributed by atoms with E-state index in [4.69, 9.17) is 21.1 Å². The van der Waals surface area contributed by atoms with Crippen molar-refractivity contribution in [2.24, 2.45) is 0 Å². The van der Waals surface area contributed by atoms with E-state index in [1.54, 1.807) is 29.6 Å². The summed E-state index contributed by atoms with van der Waals surface area (Å²) in [6, 6.07) is 8.79. The van der Waals surface area contributed by atoms with Crippen molar-refractivity contribution in [1.82, 2.24) is 19.2 Å². The van der Waals surface area contributed by atoms with Gasteiger partial charge in [-0.15, -0.1) is 0 Å². The van der Waals surface area contributed by atoms with Gasteiger partial charge < -0.3 is 14.8 Å². The molecule has 204 valence electrons. The molecule has 2 aromatic carbocycles. The maximum Gasteiger partial charge on any atom is 0.211 e. The number of sulfonamides is 1. The highest BCUT2D eigenvalue weighted by Gasteiger charge is 2.31. The van der Waals surface area contributed by atoms with Crippen LogP contribution in [0, 0.1) is 5.82 Å². The van der Waals surface area contributed by atoms with Gasteiger partial charge in [0.05, 0.1) is 35.7 Å². The van der Waals surface area contributed by atoms with Crippen LogP contribution in [0.2, 0.25) is 5.02 Å². The van der Waals surface area contributed by atoms with E-state index in [-0.39, 0.29) is 16.8 Å². The van der Waals surface area contributed by atoms with Crippen LogP contribution in [0.15, 0.2) is 36.7 Å². The quantitative estimate of drug-likeness (QED) is 0.451. The fourth-order valence-electron chi connectivity index (χ4n) is 5.25. The second-order valence-electron chi connectivity index (χ2n) is 9.72. The van der Waals surface area contributed by atoms with Crippen molar-refractivity contribution >= 4 is 44.0 Å². The molecule has 9 nitrogen and oxygen atoms in total. The molecule has 0 atom stereocenters. The van der Waals surface area contributed by atoms with Gasteiger partial charge in [-0.1, -0.05) is 17.7 Å². The lowest BCUT2D eigenvalue weighted by molar-refractivity contribution is 0.0679. The first-order valence-corrected chi connectivity index (χ1v) is 14.8. The number of aromatic nitrogens is 2. The van der Waals surface area contributed by atoms with Crippen LogP contribution in [0.1, 0.15) is 25.7 Å². The third kappa shape index (κ3) is 5.80. The van der Waals surface area contributed by atoms with Crippen LogP contribution < -0.4 is 14.8 Å². The number of methoxy groups -OCH3 is 1. The van der Waals surface area contributed by atoms with Gasteiger partial charge >= 0.3 is 0 Å². The fraction of sp³-hybridized carbons (Fsp3) is 0.462. The van der Waals surface area contributed by atoms with Crippen molar-refractivity contribution in [3.05, 3.63) is 47.5 Å². The lowest BCUT2D eigenvalue weighted by atomic mass is 9.91. The van der Waals surface area contributed by atoms with E-state index in [0.29, 0.717) is 47.4 Å². The summed E-state index contributed by atoms with van der Waals surface area (Å²) in [7, 11) is -1.55. The molecule has 2 heterocycles. The minimum Gasteiger partial charge on any atom is -0.493 e. The average Bonchev–Trinajstić information content (AvgIpc) is 2.91. The predicted octanol–water partition coefficient (Wildman–Crippen LogP) is 4.44. The van der Waals surface area contributed by atoms with Crippen LogP contribution in [-0.2, 0) is 10.0 Å². The Hall–Kier alpha value is -2.73. The number of nitrogens with zero attached hydrogens (tertiary/aromatic N) is 4. The Kier molecular flexibility index (Phi) is 7.90. The summed E-state index contributed by atoms with van der Waals surface area (Å²) >= 11 is 5.94. The maximum absolute atomic E-state index is 14.5. The van der Waals surface area contributed by atoms with Gasteiger partial charge in [-0.05, 0) is 43.9 Å². The molecule has 1 saturated heterocycles. The number of piperazine rings is 1. The van der Waals surface area contributed by atoms with Crippen molar-refractivity contribution in [2.75, 3.05) is 44.9 Å². The molecule has 1 aliphatic heterocycles. The Bertz CT molecular complexity index is 1410. The number of rotatable bonds is 7. The summed E-state index contributed by atoms with van der Waals surface area (Å²) in [5.74, 6) is 1.02. The normalized spacial score (nSPS) is 21.4. The van der Waals surface area contributed by atoms with Crippen LogP contribution in [0.4, 0.5) is 15.9 Å². The number of ether oxygens (including phenoxy) is 2. The number of nitrogens with one attached hydrogen (secondary N) is 1. The monoisotopic (exact) mass is 563 g/mol. The molecule has 3 aromatic rings. The maximum atomic E-state index is 14.5. The third-order valence-electron chi connectivity index (χ3n) is 7.32. The van der Waals surface area contributed by atoms with Crippen LogP contribution in [-0.4, -0.2) is 79.3 Å². The Balaban J connectivity index is 1.28. The highest BCUT2D eigenvalue weighted by molar-refractivity contribution is 7.88. The summed E-state index contributed by atoms with van der Waals surface area (Å²) in [5, 5.41) is 3.71. The van der Waals surface area contributed by atoms with E-state index in [2.05, 4.69) is 20.2 Å². The van der Waals surface area contributed by atoms with Crippen molar-refractivity contribution in [2.45, 2.75) is 37.8 Å². The Morgan fingerprint density at radius 3 is 2.47 bits per heavy atom. The Morgan fingerprint density at radius 1 is 1.05 bits per heavy atom. The molecule has 0 radical (unpaired) electrons. The molecule has 1 N–H and O–H groups in total. The van der Waals surface area contributed by atoms with E-state index < -0.39 is 15.8 Å². The molecule has 0 unspecified atom stereocenters. The summed E-state index contributed by atoms with van der Waals surface area (Å²) in [5.41, 5.74) is 0.845. The molecule has 5 rings (SSSR count). The zero-order valence-electron chi connectivity index (χ0n) is 21.4. The zero-order chi connectivity index (χ0) is 26.9. The van der Waals surface area contributed by atoms with Crippen molar-refractivity contribution < 1.29 is 22.3 Å². The van der Waals surface area contributed by atoms with Crippen LogP contribution in [0.3, 0.4) is 0 Å². The summed E-state index contributed by atoms with van der Waals surface area (Å²) in [6.45, 7) is 2.59. The van der Waals surface area contributed by atoms with Crippen molar-refractivity contribution in [3.63, 3.8) is 0 Å². The molecule has 1 saturated carbocycles. The van der Waals surface area contributed by atoms with Gasteiger partial charge in [-0.3, -0.25) is 4.90 Å². The zero-order valence-corrected chi connectivity index (χ0v) is 22.9. The third-order valence-corrected chi connectivity index (χ3v) is 8.92. The first-order chi connectivity index (χ1) is 18.2. The van der Waals surface area contributed by atoms with Gasteiger partial charge in [-0.25, -0.2) is 22.8 Å². The average molecular weight is 564 g/mol. The largest absolute Gasteiger partial charge is 0.493 e. The second kappa shape index (κ2) is 11.2. The van der Waals surface area contributed by atoms with Gasteiger partial charge in [0.1, 0.15) is 12.1 Å². The van der Waals surface area contributed by atoms with E-state index in [9.17, 15) is 12.8 Å². The molecule has 1 aliphatic carbocycles. The van der Waals surface area contributed by atoms with E-state index >= 15 is 0 Å². The van der Waals surface area contributed by atoms with Crippen molar-refractivity contribution in [3.8, 4) is 11.5 Å². The molecule has 12 heteroatoms. The van der Waals surface area contributed by atoms with Gasteiger partial charge in [0.25, 0.3) is 0 Å². The summed E-state index contributed by atoms with van der Waals surface area (Å²) < 4.78 is 51.7.